The Bertz CT molecular complexity index is 388. The van der Waals surface area contributed by atoms with Gasteiger partial charge in [-0.15, -0.1) is 0 Å². The molecule has 0 aliphatic carbocycles. The predicted molar refractivity (Wildman–Crippen MR) is 56.9 cm³/mol. The van der Waals surface area contributed by atoms with Crippen LogP contribution in [-0.2, 0) is 17.6 Å². The first-order valence-electron chi connectivity index (χ1n) is 5.29. The lowest BCUT2D eigenvalue weighted by atomic mass is 10.1. The molecule has 0 aliphatic rings. The average molecular weight is 246 g/mol. The molecule has 0 heterocycles. The van der Waals surface area contributed by atoms with Gasteiger partial charge >= 0.3 is 12.1 Å². The summed E-state index contributed by atoms with van der Waals surface area (Å²) in [6, 6.07) is 5.04. The molecule has 0 bridgehead atoms. The molecule has 5 heteroatoms. The predicted octanol–water partition coefficient (Wildman–Crippen LogP) is 3.28. The highest BCUT2D eigenvalue weighted by Gasteiger charge is 2.41. The minimum absolute atomic E-state index is 0.0415. The van der Waals surface area contributed by atoms with Crippen molar-refractivity contribution in [1.82, 2.24) is 0 Å². The Morgan fingerprint density at radius 3 is 2.00 bits per heavy atom. The Morgan fingerprint density at radius 1 is 1.18 bits per heavy atom. The normalized spacial score (nSPS) is 11.4. The fourth-order valence-electron chi connectivity index (χ4n) is 1.48. The van der Waals surface area contributed by atoms with E-state index in [0.717, 1.165) is 0 Å². The van der Waals surface area contributed by atoms with Gasteiger partial charge in [0.15, 0.2) is 0 Å². The number of alkyl halides is 3. The Balaban J connectivity index is 3.08. The monoisotopic (exact) mass is 246 g/mol. The molecule has 1 aromatic carbocycles. The zero-order valence-electron chi connectivity index (χ0n) is 9.60. The van der Waals surface area contributed by atoms with Crippen LogP contribution in [0.4, 0.5) is 13.2 Å². The molecule has 2 nitrogen and oxygen atoms in total. The van der Waals surface area contributed by atoms with Crippen LogP contribution in [0.15, 0.2) is 18.2 Å². The van der Waals surface area contributed by atoms with Gasteiger partial charge in [0.2, 0.25) is 0 Å². The molecule has 1 rings (SSSR count). The Kier molecular flexibility index (Phi) is 4.15. The molecule has 94 valence electrons. The van der Waals surface area contributed by atoms with Crippen LogP contribution in [0.25, 0.3) is 0 Å². The summed E-state index contributed by atoms with van der Waals surface area (Å²) in [5.41, 5.74) is 1.20. The number of rotatable bonds is 3. The lowest BCUT2D eigenvalue weighted by molar-refractivity contribution is -0.189. The van der Waals surface area contributed by atoms with Crippen LogP contribution < -0.4 is 4.74 Å². The van der Waals surface area contributed by atoms with Crippen molar-refractivity contribution < 1.29 is 22.7 Å². The zero-order chi connectivity index (χ0) is 13.1. The summed E-state index contributed by atoms with van der Waals surface area (Å²) in [5, 5.41) is 0. The van der Waals surface area contributed by atoms with E-state index in [2.05, 4.69) is 4.74 Å². The van der Waals surface area contributed by atoms with E-state index in [1.54, 1.807) is 32.0 Å². The van der Waals surface area contributed by atoms with Crippen LogP contribution in [0.2, 0.25) is 0 Å². The molecule has 0 spiro atoms. The van der Waals surface area contributed by atoms with Crippen LogP contribution in [0.3, 0.4) is 0 Å². The fourth-order valence-corrected chi connectivity index (χ4v) is 1.48. The SMILES string of the molecule is CCc1cccc(CC)c1OC(=O)C(F)(F)F. The first-order valence-corrected chi connectivity index (χ1v) is 5.29. The summed E-state index contributed by atoms with van der Waals surface area (Å²) < 4.78 is 40.9. The van der Waals surface area contributed by atoms with Gasteiger partial charge in [-0.3, -0.25) is 0 Å². The summed E-state index contributed by atoms with van der Waals surface area (Å²) in [6.45, 7) is 3.58. The number of para-hydroxylation sites is 1. The van der Waals surface area contributed by atoms with Gasteiger partial charge in [-0.1, -0.05) is 32.0 Å². The summed E-state index contributed by atoms with van der Waals surface area (Å²) in [7, 11) is 0. The lowest BCUT2D eigenvalue weighted by Crippen LogP contribution is -2.28. The molecule has 0 aromatic heterocycles. The minimum Gasteiger partial charge on any atom is -0.419 e. The second-order valence-electron chi connectivity index (χ2n) is 3.50. The molecule has 0 aliphatic heterocycles. The molecule has 0 amide bonds. The number of carbonyl (C=O) groups is 1. The van der Waals surface area contributed by atoms with E-state index in [4.69, 9.17) is 0 Å². The van der Waals surface area contributed by atoms with Crippen LogP contribution in [0, 0.1) is 0 Å². The third-order valence-electron chi connectivity index (χ3n) is 2.37. The smallest absolute Gasteiger partial charge is 0.419 e. The maximum absolute atomic E-state index is 12.1. The third kappa shape index (κ3) is 3.22. The average Bonchev–Trinajstić information content (AvgIpc) is 2.28. The molecule has 17 heavy (non-hydrogen) atoms. The third-order valence-corrected chi connectivity index (χ3v) is 2.37. The highest BCUT2D eigenvalue weighted by Crippen LogP contribution is 2.28. The Hall–Kier alpha value is -1.52. The van der Waals surface area contributed by atoms with Crippen LogP contribution in [-0.4, -0.2) is 12.1 Å². The molecule has 0 N–H and O–H groups in total. The summed E-state index contributed by atoms with van der Waals surface area (Å²) in [5.74, 6) is -2.13. The quantitative estimate of drug-likeness (QED) is 0.604. The van der Waals surface area contributed by atoms with E-state index >= 15 is 0 Å². The van der Waals surface area contributed by atoms with Gasteiger partial charge in [0.1, 0.15) is 5.75 Å². The number of esters is 1. The molecule has 1 aromatic rings. The summed E-state index contributed by atoms with van der Waals surface area (Å²) in [4.78, 5) is 10.8. The van der Waals surface area contributed by atoms with Gasteiger partial charge in [0.05, 0.1) is 0 Å². The second kappa shape index (κ2) is 5.21. The fraction of sp³-hybridized carbons (Fsp3) is 0.417. The van der Waals surface area contributed by atoms with Gasteiger partial charge in [-0.05, 0) is 24.0 Å². The van der Waals surface area contributed by atoms with Gasteiger partial charge in [0.25, 0.3) is 0 Å². The number of ether oxygens (including phenoxy) is 1. The number of halogens is 3. The van der Waals surface area contributed by atoms with E-state index in [0.29, 0.717) is 24.0 Å². The maximum atomic E-state index is 12.1. The number of aryl methyl sites for hydroxylation is 2. The van der Waals surface area contributed by atoms with Gasteiger partial charge < -0.3 is 4.74 Å². The van der Waals surface area contributed by atoms with Crippen LogP contribution in [0.1, 0.15) is 25.0 Å². The van der Waals surface area contributed by atoms with Gasteiger partial charge in [-0.25, -0.2) is 4.79 Å². The van der Waals surface area contributed by atoms with E-state index in [-0.39, 0.29) is 5.75 Å². The highest BCUT2D eigenvalue weighted by molar-refractivity contribution is 5.78. The van der Waals surface area contributed by atoms with Crippen molar-refractivity contribution in [3.05, 3.63) is 29.3 Å². The van der Waals surface area contributed by atoms with Crippen molar-refractivity contribution in [3.63, 3.8) is 0 Å². The minimum atomic E-state index is -4.97. The maximum Gasteiger partial charge on any atom is 0.491 e. The van der Waals surface area contributed by atoms with E-state index in [9.17, 15) is 18.0 Å². The van der Waals surface area contributed by atoms with E-state index in [1.807, 2.05) is 0 Å². The molecule has 0 fully saturated rings. The van der Waals surface area contributed by atoms with Gasteiger partial charge in [0, 0.05) is 0 Å². The molecule has 0 saturated carbocycles. The van der Waals surface area contributed by atoms with Crippen molar-refractivity contribution in [3.8, 4) is 5.75 Å². The zero-order valence-corrected chi connectivity index (χ0v) is 9.60. The molecule has 0 radical (unpaired) electrons. The van der Waals surface area contributed by atoms with Gasteiger partial charge in [-0.2, -0.15) is 13.2 Å². The first-order chi connectivity index (χ1) is 7.90. The molecular weight excluding hydrogens is 233 g/mol. The van der Waals surface area contributed by atoms with Crippen molar-refractivity contribution >= 4 is 5.97 Å². The number of carbonyl (C=O) groups excluding carboxylic acids is 1. The largest absolute Gasteiger partial charge is 0.491 e. The highest BCUT2D eigenvalue weighted by atomic mass is 19.4. The number of hydrogen-bond donors (Lipinski definition) is 0. The van der Waals surface area contributed by atoms with E-state index < -0.39 is 12.1 Å². The summed E-state index contributed by atoms with van der Waals surface area (Å²) >= 11 is 0. The van der Waals surface area contributed by atoms with E-state index in [1.165, 1.54) is 0 Å². The number of benzene rings is 1. The number of hydrogen-bond acceptors (Lipinski definition) is 2. The Morgan fingerprint density at radius 2 is 1.65 bits per heavy atom. The molecule has 0 atom stereocenters. The summed E-state index contributed by atoms with van der Waals surface area (Å²) in [6.07, 6.45) is -3.95. The molecule has 0 unspecified atom stereocenters. The molecular formula is C12H13F3O2. The second-order valence-corrected chi connectivity index (χ2v) is 3.50. The Labute approximate surface area is 97.4 Å². The first kappa shape index (κ1) is 13.5. The topological polar surface area (TPSA) is 26.3 Å². The van der Waals surface area contributed by atoms with Crippen molar-refractivity contribution in [1.29, 1.82) is 0 Å². The molecule has 0 saturated heterocycles. The van der Waals surface area contributed by atoms with Crippen LogP contribution in [0.5, 0.6) is 5.75 Å². The van der Waals surface area contributed by atoms with Crippen LogP contribution >= 0.6 is 0 Å². The van der Waals surface area contributed by atoms with Crippen molar-refractivity contribution in [2.45, 2.75) is 32.9 Å². The lowest BCUT2D eigenvalue weighted by Gasteiger charge is -2.13. The van der Waals surface area contributed by atoms with Crippen molar-refractivity contribution in [2.75, 3.05) is 0 Å². The standard InChI is InChI=1S/C12H13F3O2/c1-3-8-6-5-7-9(4-2)10(8)17-11(16)12(13,14)15/h5-7H,3-4H2,1-2H3. The van der Waals surface area contributed by atoms with Crippen molar-refractivity contribution in [2.24, 2.45) is 0 Å².